The summed E-state index contributed by atoms with van der Waals surface area (Å²) in [6, 6.07) is 14.7. The zero-order valence-electron chi connectivity index (χ0n) is 14.9. The van der Waals surface area contributed by atoms with Crippen molar-refractivity contribution in [3.63, 3.8) is 0 Å². The molecule has 26 heavy (non-hydrogen) atoms. The highest BCUT2D eigenvalue weighted by molar-refractivity contribution is 7.89. The van der Waals surface area contributed by atoms with Gasteiger partial charge in [-0.15, -0.1) is 0 Å². The molecule has 0 saturated carbocycles. The highest BCUT2D eigenvalue weighted by Crippen LogP contribution is 2.23. The van der Waals surface area contributed by atoms with Gasteiger partial charge in [-0.05, 0) is 49.4 Å². The van der Waals surface area contributed by atoms with Gasteiger partial charge in [-0.3, -0.25) is 4.79 Å². The fraction of sp³-hybridized carbons (Fsp3) is 0.350. The molecule has 1 heterocycles. The van der Waals surface area contributed by atoms with Crippen molar-refractivity contribution in [2.24, 2.45) is 0 Å². The molecule has 6 heteroatoms. The average molecular weight is 372 g/mol. The van der Waals surface area contributed by atoms with Gasteiger partial charge in [0.1, 0.15) is 0 Å². The largest absolute Gasteiger partial charge is 0.352 e. The van der Waals surface area contributed by atoms with Crippen LogP contribution >= 0.6 is 0 Å². The van der Waals surface area contributed by atoms with E-state index in [4.69, 9.17) is 0 Å². The van der Waals surface area contributed by atoms with Gasteiger partial charge < -0.3 is 5.32 Å². The maximum atomic E-state index is 12.7. The maximum absolute atomic E-state index is 12.7. The molecule has 138 valence electrons. The monoisotopic (exact) mass is 372 g/mol. The maximum Gasteiger partial charge on any atom is 0.251 e. The summed E-state index contributed by atoms with van der Waals surface area (Å²) in [6.07, 6.45) is 2.51. The summed E-state index contributed by atoms with van der Waals surface area (Å²) < 4.78 is 26.9. The van der Waals surface area contributed by atoms with Crippen LogP contribution in [0.1, 0.15) is 34.3 Å². The van der Waals surface area contributed by atoms with Gasteiger partial charge in [0.05, 0.1) is 4.90 Å². The normalized spacial score (nSPS) is 15.1. The topological polar surface area (TPSA) is 66.5 Å². The molecule has 0 spiro atoms. The van der Waals surface area contributed by atoms with Crippen molar-refractivity contribution in [1.29, 1.82) is 0 Å². The first-order valence-corrected chi connectivity index (χ1v) is 10.4. The first-order valence-electron chi connectivity index (χ1n) is 8.91. The van der Waals surface area contributed by atoms with Gasteiger partial charge in [0, 0.05) is 25.2 Å². The number of hydrogen-bond acceptors (Lipinski definition) is 3. The predicted octanol–water partition coefficient (Wildman–Crippen LogP) is 2.75. The van der Waals surface area contributed by atoms with Gasteiger partial charge in [0.2, 0.25) is 10.0 Å². The number of amides is 1. The van der Waals surface area contributed by atoms with Gasteiger partial charge in [-0.25, -0.2) is 8.42 Å². The number of aryl methyl sites for hydroxylation is 1. The second-order valence-corrected chi connectivity index (χ2v) is 8.52. The molecule has 1 aliphatic heterocycles. The van der Waals surface area contributed by atoms with Gasteiger partial charge >= 0.3 is 0 Å². The third kappa shape index (κ3) is 4.14. The van der Waals surface area contributed by atoms with Crippen LogP contribution in [0.15, 0.2) is 53.4 Å². The summed E-state index contributed by atoms with van der Waals surface area (Å²) in [7, 11) is -3.52. The number of hydrogen-bond donors (Lipinski definition) is 1. The number of nitrogens with zero attached hydrogens (tertiary/aromatic N) is 1. The lowest BCUT2D eigenvalue weighted by Gasteiger charge is -2.17. The minimum absolute atomic E-state index is 0.193. The molecular formula is C20H24N2O3S. The van der Waals surface area contributed by atoms with E-state index in [1.807, 2.05) is 37.3 Å². The Labute approximate surface area is 155 Å². The Morgan fingerprint density at radius 1 is 1.08 bits per heavy atom. The molecule has 3 rings (SSSR count). The van der Waals surface area contributed by atoms with Crippen LogP contribution < -0.4 is 5.32 Å². The summed E-state index contributed by atoms with van der Waals surface area (Å²) >= 11 is 0. The Hall–Kier alpha value is -2.18. The summed E-state index contributed by atoms with van der Waals surface area (Å²) in [4.78, 5) is 12.7. The van der Waals surface area contributed by atoms with Gasteiger partial charge in [0.25, 0.3) is 5.91 Å². The van der Waals surface area contributed by atoms with Crippen molar-refractivity contribution < 1.29 is 13.2 Å². The summed E-state index contributed by atoms with van der Waals surface area (Å²) in [6.45, 7) is 3.42. The summed E-state index contributed by atoms with van der Waals surface area (Å²) in [5.74, 6) is -0.239. The third-order valence-corrected chi connectivity index (χ3v) is 6.59. The van der Waals surface area contributed by atoms with E-state index in [-0.39, 0.29) is 10.8 Å². The Kier molecular flexibility index (Phi) is 5.74. The van der Waals surface area contributed by atoms with E-state index in [0.717, 1.165) is 30.4 Å². The SMILES string of the molecule is Cc1ccc(S(=O)(=O)N2CCCC2)cc1C(=O)NCCc1ccccc1. The molecule has 0 unspecified atom stereocenters. The zero-order valence-corrected chi connectivity index (χ0v) is 15.8. The predicted molar refractivity (Wildman–Crippen MR) is 102 cm³/mol. The van der Waals surface area contributed by atoms with Crippen LogP contribution in [0.5, 0.6) is 0 Å². The zero-order chi connectivity index (χ0) is 18.6. The Morgan fingerprint density at radius 3 is 2.46 bits per heavy atom. The Bertz CT molecular complexity index is 873. The van der Waals surface area contributed by atoms with Crippen molar-refractivity contribution >= 4 is 15.9 Å². The second-order valence-electron chi connectivity index (χ2n) is 6.58. The summed E-state index contributed by atoms with van der Waals surface area (Å²) in [5, 5.41) is 2.89. The van der Waals surface area contributed by atoms with Crippen molar-refractivity contribution in [3.8, 4) is 0 Å². The molecule has 2 aromatic rings. The minimum Gasteiger partial charge on any atom is -0.352 e. The lowest BCUT2D eigenvalue weighted by molar-refractivity contribution is 0.0953. The standard InChI is InChI=1S/C20H24N2O3S/c1-16-9-10-18(26(24,25)22-13-5-6-14-22)15-19(16)20(23)21-12-11-17-7-3-2-4-8-17/h2-4,7-10,15H,5-6,11-14H2,1H3,(H,21,23). The second kappa shape index (κ2) is 8.01. The molecule has 0 atom stereocenters. The lowest BCUT2D eigenvalue weighted by Crippen LogP contribution is -2.29. The first-order chi connectivity index (χ1) is 12.5. The smallest absolute Gasteiger partial charge is 0.251 e. The van der Waals surface area contributed by atoms with Gasteiger partial charge in [-0.1, -0.05) is 36.4 Å². The fourth-order valence-electron chi connectivity index (χ4n) is 3.14. The molecule has 0 radical (unpaired) electrons. The fourth-order valence-corrected chi connectivity index (χ4v) is 4.69. The highest BCUT2D eigenvalue weighted by Gasteiger charge is 2.28. The van der Waals surface area contributed by atoms with Gasteiger partial charge in [-0.2, -0.15) is 4.31 Å². The van der Waals surface area contributed by atoms with Crippen LogP contribution in [0.4, 0.5) is 0 Å². The number of benzene rings is 2. The van der Waals surface area contributed by atoms with Gasteiger partial charge in [0.15, 0.2) is 0 Å². The Balaban J connectivity index is 1.71. The molecule has 1 aliphatic rings. The van der Waals surface area contributed by atoms with E-state index in [2.05, 4.69) is 5.32 Å². The highest BCUT2D eigenvalue weighted by atomic mass is 32.2. The lowest BCUT2D eigenvalue weighted by atomic mass is 10.1. The van der Waals surface area contributed by atoms with E-state index < -0.39 is 10.0 Å². The first kappa shape index (κ1) is 18.6. The molecule has 1 saturated heterocycles. The van der Waals surface area contributed by atoms with E-state index in [1.165, 1.54) is 10.4 Å². The van der Waals surface area contributed by atoms with Crippen LogP contribution in [0.3, 0.4) is 0 Å². The third-order valence-electron chi connectivity index (χ3n) is 4.70. The molecule has 1 N–H and O–H groups in total. The van der Waals surface area contributed by atoms with E-state index >= 15 is 0 Å². The minimum atomic E-state index is -3.52. The van der Waals surface area contributed by atoms with Crippen molar-refractivity contribution in [3.05, 3.63) is 65.2 Å². The molecule has 2 aromatic carbocycles. The van der Waals surface area contributed by atoms with Crippen molar-refractivity contribution in [2.75, 3.05) is 19.6 Å². The van der Waals surface area contributed by atoms with Crippen molar-refractivity contribution in [2.45, 2.75) is 31.1 Å². The van der Waals surface area contributed by atoms with E-state index in [0.29, 0.717) is 25.2 Å². The van der Waals surface area contributed by atoms with Crippen LogP contribution in [0.25, 0.3) is 0 Å². The molecular weight excluding hydrogens is 348 g/mol. The van der Waals surface area contributed by atoms with Crippen LogP contribution in [-0.4, -0.2) is 38.3 Å². The van der Waals surface area contributed by atoms with Crippen LogP contribution in [0.2, 0.25) is 0 Å². The molecule has 0 aliphatic carbocycles. The van der Waals surface area contributed by atoms with Crippen molar-refractivity contribution in [1.82, 2.24) is 9.62 Å². The molecule has 0 bridgehead atoms. The number of carbonyl (C=O) groups excluding carboxylic acids is 1. The van der Waals surface area contributed by atoms with E-state index in [1.54, 1.807) is 12.1 Å². The average Bonchev–Trinajstić information content (AvgIpc) is 3.18. The molecule has 5 nitrogen and oxygen atoms in total. The molecule has 1 fully saturated rings. The number of sulfonamides is 1. The summed E-state index contributed by atoms with van der Waals surface area (Å²) in [5.41, 5.74) is 2.33. The van der Waals surface area contributed by atoms with E-state index in [9.17, 15) is 13.2 Å². The number of rotatable bonds is 6. The Morgan fingerprint density at radius 2 is 1.77 bits per heavy atom. The van der Waals surface area contributed by atoms with Crippen LogP contribution in [-0.2, 0) is 16.4 Å². The van der Waals surface area contributed by atoms with Crippen LogP contribution in [0, 0.1) is 6.92 Å². The number of nitrogens with one attached hydrogen (secondary N) is 1. The number of carbonyl (C=O) groups is 1. The molecule has 1 amide bonds. The quantitative estimate of drug-likeness (QED) is 0.848. The molecule has 0 aromatic heterocycles.